The maximum absolute atomic E-state index is 9.08. The van der Waals surface area contributed by atoms with E-state index in [2.05, 4.69) is 297 Å². The second-order valence-electron chi connectivity index (χ2n) is 25.8. The standard InChI is InChI=1S/C87H72.Pt/c1-57-50-65(43-47-68(57)60-27-12-8-13-28-60)84-75-39-23-22-38-73(75)79-54-66(86(2,3)4)44-48-76(79)83(63-33-18-11-19-34-63)77-49-45-67(87(5,6)7)55-80(77)74-46-42-59(53-81(74)84)51-58-26-24-35-64(52-58)78-56-82(72-37-21-20-36-71(72)78)85-69(61-29-14-9-15-30-61)40-25-41-70(85)62-31-16-10-17-32-62;/h8-42,44-50,54-56,78,82-84H,51H2,1-7H3;/q-4;+4/i8D,12D,13D,27D,28D;. The van der Waals surface area contributed by atoms with Crippen LogP contribution in [0.15, 0.2) is 267 Å². The van der Waals surface area contributed by atoms with Gasteiger partial charge in [-0.3, -0.25) is 0 Å². The topological polar surface area (TPSA) is 0 Å². The predicted molar refractivity (Wildman–Crippen MR) is 364 cm³/mol. The van der Waals surface area contributed by atoms with E-state index in [-0.39, 0.29) is 79.4 Å². The predicted octanol–water partition coefficient (Wildman–Crippen LogP) is 22.1. The molecule has 0 N–H and O–H groups in total. The summed E-state index contributed by atoms with van der Waals surface area (Å²) >= 11 is 0. The Morgan fingerprint density at radius 3 is 1.55 bits per heavy atom. The van der Waals surface area contributed by atoms with Crippen molar-refractivity contribution in [3.8, 4) is 55.6 Å². The van der Waals surface area contributed by atoms with Gasteiger partial charge in [0, 0.05) is 5.92 Å². The monoisotopic (exact) mass is 1320 g/mol. The van der Waals surface area contributed by atoms with Crippen LogP contribution in [0.4, 0.5) is 0 Å². The summed E-state index contributed by atoms with van der Waals surface area (Å²) in [6.07, 6.45) is 3.12. The van der Waals surface area contributed by atoms with Crippen LogP contribution in [0.1, 0.15) is 156 Å². The van der Waals surface area contributed by atoms with Crippen molar-refractivity contribution in [1.29, 1.82) is 0 Å². The van der Waals surface area contributed by atoms with Crippen molar-refractivity contribution in [1.82, 2.24) is 0 Å². The van der Waals surface area contributed by atoms with Gasteiger partial charge in [-0.1, -0.05) is 301 Å². The van der Waals surface area contributed by atoms with Crippen molar-refractivity contribution < 1.29 is 27.9 Å². The summed E-state index contributed by atoms with van der Waals surface area (Å²) in [6, 6.07) is 97.1. The molecule has 12 aromatic rings. The van der Waals surface area contributed by atoms with Crippen molar-refractivity contribution in [2.24, 2.45) is 0 Å². The van der Waals surface area contributed by atoms with Crippen LogP contribution in [0.25, 0.3) is 55.6 Å². The quantitative estimate of drug-likeness (QED) is 0.126. The van der Waals surface area contributed by atoms with Crippen molar-refractivity contribution in [3.63, 3.8) is 0 Å². The van der Waals surface area contributed by atoms with Crippen molar-refractivity contribution in [2.75, 3.05) is 0 Å². The summed E-state index contributed by atoms with van der Waals surface area (Å²) < 4.78 is 43.9. The van der Waals surface area contributed by atoms with Crippen LogP contribution in [0, 0.1) is 31.5 Å². The molecule has 0 aliphatic heterocycles. The Morgan fingerprint density at radius 2 is 0.932 bits per heavy atom. The Labute approximate surface area is 544 Å². The van der Waals surface area contributed by atoms with Gasteiger partial charge in [0.15, 0.2) is 0 Å². The molecule has 0 nitrogen and oxygen atoms in total. The average molecular weight is 1320 g/mol. The summed E-state index contributed by atoms with van der Waals surface area (Å²) in [7, 11) is 0. The molecule has 4 atom stereocenters. The van der Waals surface area contributed by atoms with E-state index in [1.165, 1.54) is 66.8 Å². The number of fused-ring (bicyclic) bond motifs is 7. The SMILES string of the molecule is [2H]c1c([2H])c([2H])c(-c2c[c-]c(C3c4[c-]c(Cc5[c-]c(C6[CH-]C(c7c(-c8ccccc8)cccc7-c7ccccc7)c7ccccc76)ccc5)ccc4-c4cc(C(C)(C)C)ccc4C(c4ccccc4)c4ccc(C(C)(C)C)cc4-c4ccccc43)cc2C)c([2H])c1[2H].[Pt+4]. The maximum atomic E-state index is 9.08. The second-order valence-corrected chi connectivity index (χ2v) is 25.8. The summed E-state index contributed by atoms with van der Waals surface area (Å²) in [5.41, 5.74) is 26.6. The summed E-state index contributed by atoms with van der Waals surface area (Å²) in [5.74, 6) is -0.612. The van der Waals surface area contributed by atoms with E-state index in [0.717, 1.165) is 61.2 Å². The van der Waals surface area contributed by atoms with Gasteiger partial charge in [0.05, 0.1) is 6.85 Å². The zero-order valence-corrected chi connectivity index (χ0v) is 53.2. The third-order valence-corrected chi connectivity index (χ3v) is 18.3. The van der Waals surface area contributed by atoms with E-state index in [4.69, 9.17) is 6.85 Å². The Morgan fingerprint density at radius 1 is 0.409 bits per heavy atom. The maximum Gasteiger partial charge on any atom is 4.00 e. The molecule has 1 heteroatoms. The van der Waals surface area contributed by atoms with Crippen LogP contribution in [0.5, 0.6) is 0 Å². The van der Waals surface area contributed by atoms with E-state index in [1.54, 1.807) is 0 Å². The van der Waals surface area contributed by atoms with Gasteiger partial charge in [-0.15, -0.1) is 28.5 Å². The normalized spacial score (nSPS) is 16.8. The molecule has 0 aromatic heterocycles. The van der Waals surface area contributed by atoms with Crippen LogP contribution in [-0.2, 0) is 38.3 Å². The fourth-order valence-corrected chi connectivity index (χ4v) is 13.9. The summed E-state index contributed by atoms with van der Waals surface area (Å²) in [4.78, 5) is 0. The number of aryl methyl sites for hydroxylation is 1. The van der Waals surface area contributed by atoms with Crippen LogP contribution >= 0.6 is 0 Å². The van der Waals surface area contributed by atoms with Crippen LogP contribution in [0.3, 0.4) is 0 Å². The first-order valence-electron chi connectivity index (χ1n) is 33.2. The Hall–Kier alpha value is -8.67. The van der Waals surface area contributed by atoms with E-state index in [9.17, 15) is 0 Å². The molecule has 12 aromatic carbocycles. The molecule has 430 valence electrons. The minimum Gasteiger partial charge on any atom is -0.307 e. The Bertz CT molecular complexity index is 4720. The summed E-state index contributed by atoms with van der Waals surface area (Å²) in [5, 5.41) is 0. The Balaban J connectivity index is 0.00000787. The first kappa shape index (κ1) is 52.5. The zero-order chi connectivity index (χ0) is 63.7. The smallest absolute Gasteiger partial charge is 0.307 e. The van der Waals surface area contributed by atoms with E-state index in [0.29, 0.717) is 12.0 Å². The third kappa shape index (κ3) is 11.1. The molecular formula is C87H72Pt. The van der Waals surface area contributed by atoms with Crippen molar-refractivity contribution in [3.05, 3.63) is 375 Å². The van der Waals surface area contributed by atoms with Gasteiger partial charge >= 0.3 is 21.1 Å². The van der Waals surface area contributed by atoms with Crippen molar-refractivity contribution in [2.45, 2.75) is 89.4 Å². The average Bonchev–Trinajstić information content (AvgIpc) is 1.67. The van der Waals surface area contributed by atoms with Gasteiger partial charge in [0.2, 0.25) is 0 Å². The number of hydrogen-bond donors (Lipinski definition) is 0. The van der Waals surface area contributed by atoms with Crippen molar-refractivity contribution >= 4 is 0 Å². The minimum absolute atomic E-state index is 0. The molecule has 0 saturated carbocycles. The molecule has 0 radical (unpaired) electrons. The van der Waals surface area contributed by atoms with Gasteiger partial charge in [-0.2, -0.15) is 88.5 Å². The molecule has 0 bridgehead atoms. The largest absolute Gasteiger partial charge is 4.00 e. The molecule has 0 saturated heterocycles. The fraction of sp³-hybridized carbons (Fsp3) is 0.161. The molecule has 2 aliphatic rings. The molecule has 14 rings (SSSR count). The summed E-state index contributed by atoms with van der Waals surface area (Å²) in [6.45, 7) is 15.7. The molecule has 88 heavy (non-hydrogen) atoms. The van der Waals surface area contributed by atoms with Gasteiger partial charge < -0.3 is 6.42 Å². The minimum atomic E-state index is -0.448. The second kappa shape index (κ2) is 24.1. The third-order valence-electron chi connectivity index (χ3n) is 18.3. The van der Waals surface area contributed by atoms with Crippen LogP contribution in [0.2, 0.25) is 0 Å². The van der Waals surface area contributed by atoms with Gasteiger partial charge in [0.1, 0.15) is 0 Å². The number of rotatable bonds is 9. The van der Waals surface area contributed by atoms with E-state index < -0.39 is 12.0 Å². The first-order valence-corrected chi connectivity index (χ1v) is 30.7. The molecule has 0 fully saturated rings. The van der Waals surface area contributed by atoms with E-state index >= 15 is 0 Å². The zero-order valence-electron chi connectivity index (χ0n) is 55.9. The van der Waals surface area contributed by atoms with Gasteiger partial charge in [0.25, 0.3) is 0 Å². The van der Waals surface area contributed by atoms with Gasteiger partial charge in [-0.25, -0.2) is 0 Å². The molecule has 2 aliphatic carbocycles. The van der Waals surface area contributed by atoms with Gasteiger partial charge in [-0.05, 0) is 89.9 Å². The van der Waals surface area contributed by atoms with Crippen LogP contribution < -0.4 is 0 Å². The molecule has 0 amide bonds. The molecule has 4 unspecified atom stereocenters. The van der Waals surface area contributed by atoms with Crippen LogP contribution in [-0.4, -0.2) is 0 Å². The number of hydrogen-bond acceptors (Lipinski definition) is 0. The molecule has 0 heterocycles. The first-order chi connectivity index (χ1) is 44.4. The Kier molecular flexibility index (Phi) is 14.4. The number of benzene rings is 12. The molecular weight excluding hydrogens is 1240 g/mol. The van der Waals surface area contributed by atoms with E-state index in [1.807, 2.05) is 13.0 Å². The fourth-order valence-electron chi connectivity index (χ4n) is 13.9. The molecule has 0 spiro atoms.